The number of rotatable bonds is 4. The molecule has 0 saturated carbocycles. The van der Waals surface area contributed by atoms with E-state index in [-0.39, 0.29) is 12.5 Å². The van der Waals surface area contributed by atoms with Crippen molar-refractivity contribution in [3.63, 3.8) is 0 Å². The predicted molar refractivity (Wildman–Crippen MR) is 117 cm³/mol. The second kappa shape index (κ2) is 7.87. The van der Waals surface area contributed by atoms with Crippen molar-refractivity contribution >= 4 is 51.1 Å². The number of aryl methyl sites for hydroxylation is 2. The average molecular weight is 486 g/mol. The molecule has 0 aliphatic heterocycles. The molecule has 28 heavy (non-hydrogen) atoms. The molecule has 0 atom stereocenters. The zero-order valence-corrected chi connectivity index (χ0v) is 17.6. The van der Waals surface area contributed by atoms with Crippen molar-refractivity contribution in [2.45, 2.75) is 26.2 Å². The lowest BCUT2D eigenvalue weighted by molar-refractivity contribution is -0.119. The zero-order valence-electron chi connectivity index (χ0n) is 15.4. The van der Waals surface area contributed by atoms with Crippen molar-refractivity contribution in [1.29, 1.82) is 0 Å². The summed E-state index contributed by atoms with van der Waals surface area (Å²) in [7, 11) is 0. The fourth-order valence-electron chi connectivity index (χ4n) is 3.60. The molecular weight excluding hydrogens is 467 g/mol. The molecule has 6 heteroatoms. The van der Waals surface area contributed by atoms with Gasteiger partial charge in [0, 0.05) is 20.3 Å². The van der Waals surface area contributed by atoms with Gasteiger partial charge in [-0.25, -0.2) is 4.79 Å². The molecule has 1 aliphatic rings. The van der Waals surface area contributed by atoms with Gasteiger partial charge < -0.3 is 10.1 Å². The number of nitrogens with one attached hydrogen (secondary N) is 1. The van der Waals surface area contributed by atoms with E-state index in [0.717, 1.165) is 56.2 Å². The summed E-state index contributed by atoms with van der Waals surface area (Å²) in [5, 5.41) is 3.58. The molecule has 4 rings (SSSR count). The van der Waals surface area contributed by atoms with Crippen LogP contribution in [-0.4, -0.2) is 23.5 Å². The van der Waals surface area contributed by atoms with Gasteiger partial charge in [-0.05, 0) is 84.2 Å². The molecule has 1 aromatic heterocycles. The third kappa shape index (κ3) is 3.73. The van der Waals surface area contributed by atoms with E-state index in [0.29, 0.717) is 5.56 Å². The topological polar surface area (TPSA) is 68.3 Å². The van der Waals surface area contributed by atoms with Gasteiger partial charge in [0.1, 0.15) is 0 Å². The minimum Gasteiger partial charge on any atom is -0.452 e. The lowest BCUT2D eigenvalue weighted by atomic mass is 10.0. The minimum atomic E-state index is -0.466. The van der Waals surface area contributed by atoms with Crippen LogP contribution in [0.4, 0.5) is 5.69 Å². The van der Waals surface area contributed by atoms with Crippen LogP contribution in [0, 0.1) is 10.5 Å². The van der Waals surface area contributed by atoms with Crippen LogP contribution in [0.5, 0.6) is 0 Å². The van der Waals surface area contributed by atoms with Crippen molar-refractivity contribution in [3.05, 3.63) is 68.4 Å². The van der Waals surface area contributed by atoms with E-state index in [1.165, 1.54) is 0 Å². The van der Waals surface area contributed by atoms with Gasteiger partial charge in [0.05, 0.1) is 11.1 Å². The fraction of sp³-hybridized carbons (Fsp3) is 0.227. The summed E-state index contributed by atoms with van der Waals surface area (Å²) in [6.07, 6.45) is 2.66. The quantitative estimate of drug-likeness (QED) is 0.438. The molecule has 3 aromatic rings. The van der Waals surface area contributed by atoms with Crippen LogP contribution in [0.25, 0.3) is 10.9 Å². The maximum atomic E-state index is 12.9. The molecule has 5 nitrogen and oxygen atoms in total. The number of ether oxygens (including phenoxy) is 1. The number of carbonyl (C=O) groups excluding carboxylic acids is 2. The number of nitrogens with zero attached hydrogens (tertiary/aromatic N) is 1. The number of hydrogen-bond donors (Lipinski definition) is 1. The largest absolute Gasteiger partial charge is 0.452 e. The van der Waals surface area contributed by atoms with Crippen molar-refractivity contribution < 1.29 is 14.3 Å². The molecule has 1 aliphatic carbocycles. The first-order chi connectivity index (χ1) is 13.5. The molecule has 142 valence electrons. The Hall–Kier alpha value is -2.48. The molecule has 1 N–H and O–H groups in total. The third-order valence-corrected chi connectivity index (χ3v) is 5.59. The van der Waals surface area contributed by atoms with Gasteiger partial charge >= 0.3 is 5.97 Å². The molecule has 0 fully saturated rings. The number of para-hydroxylation sites is 1. The molecule has 0 saturated heterocycles. The van der Waals surface area contributed by atoms with Crippen molar-refractivity contribution in [2.75, 3.05) is 11.9 Å². The van der Waals surface area contributed by atoms with E-state index in [4.69, 9.17) is 4.74 Å². The number of esters is 1. The molecule has 1 amide bonds. The number of fused-ring (bicyclic) bond motifs is 2. The van der Waals surface area contributed by atoms with Crippen molar-refractivity contribution in [1.82, 2.24) is 4.98 Å². The van der Waals surface area contributed by atoms with E-state index in [9.17, 15) is 9.59 Å². The third-order valence-electron chi connectivity index (χ3n) is 4.92. The van der Waals surface area contributed by atoms with E-state index in [1.807, 2.05) is 49.4 Å². The maximum Gasteiger partial charge on any atom is 0.339 e. The van der Waals surface area contributed by atoms with Gasteiger partial charge in [-0.2, -0.15) is 0 Å². The van der Waals surface area contributed by atoms with Gasteiger partial charge in [-0.3, -0.25) is 9.78 Å². The zero-order chi connectivity index (χ0) is 19.7. The number of pyridine rings is 1. The number of benzene rings is 2. The highest BCUT2D eigenvalue weighted by atomic mass is 127. The highest BCUT2D eigenvalue weighted by molar-refractivity contribution is 14.1. The summed E-state index contributed by atoms with van der Waals surface area (Å²) in [6, 6.07) is 13.3. The Balaban J connectivity index is 1.52. The Morgan fingerprint density at radius 2 is 2.00 bits per heavy atom. The molecule has 0 bridgehead atoms. The van der Waals surface area contributed by atoms with Gasteiger partial charge in [0.25, 0.3) is 5.91 Å². The number of amides is 1. The molecule has 2 aromatic carbocycles. The SMILES string of the molecule is Cc1cc(I)ccc1NC(=O)COC(=O)c1c2c(nc3ccccc13)CCC2. The first kappa shape index (κ1) is 18.9. The van der Waals surface area contributed by atoms with Crippen LogP contribution in [0.15, 0.2) is 42.5 Å². The van der Waals surface area contributed by atoms with Gasteiger partial charge in [0.15, 0.2) is 6.61 Å². The highest BCUT2D eigenvalue weighted by Crippen LogP contribution is 2.30. The lowest BCUT2D eigenvalue weighted by Crippen LogP contribution is -2.22. The van der Waals surface area contributed by atoms with E-state index >= 15 is 0 Å². The molecule has 1 heterocycles. The van der Waals surface area contributed by atoms with Crippen LogP contribution >= 0.6 is 22.6 Å². The normalized spacial score (nSPS) is 12.6. The van der Waals surface area contributed by atoms with Crippen LogP contribution in [0.3, 0.4) is 0 Å². The van der Waals surface area contributed by atoms with Gasteiger partial charge in [-0.15, -0.1) is 0 Å². The second-order valence-electron chi connectivity index (χ2n) is 6.87. The van der Waals surface area contributed by atoms with Crippen LogP contribution in [0.2, 0.25) is 0 Å². The number of halogens is 1. The maximum absolute atomic E-state index is 12.9. The number of hydrogen-bond acceptors (Lipinski definition) is 4. The summed E-state index contributed by atoms with van der Waals surface area (Å²) in [5.74, 6) is -0.820. The van der Waals surface area contributed by atoms with E-state index in [2.05, 4.69) is 32.9 Å². The summed E-state index contributed by atoms with van der Waals surface area (Å²) in [6.45, 7) is 1.60. The molecule has 0 unspecified atom stereocenters. The second-order valence-corrected chi connectivity index (χ2v) is 8.11. The van der Waals surface area contributed by atoms with Crippen molar-refractivity contribution in [3.8, 4) is 0 Å². The van der Waals surface area contributed by atoms with E-state index < -0.39 is 5.97 Å². The summed E-state index contributed by atoms with van der Waals surface area (Å²) in [5.41, 5.74) is 4.94. The fourth-order valence-corrected chi connectivity index (χ4v) is 4.25. The van der Waals surface area contributed by atoms with Crippen LogP contribution in [-0.2, 0) is 22.4 Å². The monoisotopic (exact) mass is 486 g/mol. The predicted octanol–water partition coefficient (Wildman–Crippen LogP) is 4.43. The molecular formula is C22H19IN2O3. The van der Waals surface area contributed by atoms with Crippen molar-refractivity contribution in [2.24, 2.45) is 0 Å². The Labute approximate surface area is 176 Å². The average Bonchev–Trinajstić information content (AvgIpc) is 3.14. The number of anilines is 1. The van der Waals surface area contributed by atoms with Crippen LogP contribution in [0.1, 0.15) is 33.6 Å². The Morgan fingerprint density at radius 3 is 2.82 bits per heavy atom. The number of carbonyl (C=O) groups is 2. The molecule has 0 spiro atoms. The molecule has 0 radical (unpaired) electrons. The smallest absolute Gasteiger partial charge is 0.339 e. The Kier molecular flexibility index (Phi) is 5.30. The highest BCUT2D eigenvalue weighted by Gasteiger charge is 2.25. The summed E-state index contributed by atoms with van der Waals surface area (Å²) < 4.78 is 6.47. The first-order valence-electron chi connectivity index (χ1n) is 9.16. The summed E-state index contributed by atoms with van der Waals surface area (Å²) >= 11 is 2.22. The lowest BCUT2D eigenvalue weighted by Gasteiger charge is -2.13. The Bertz CT molecular complexity index is 1090. The van der Waals surface area contributed by atoms with Crippen LogP contribution < -0.4 is 5.32 Å². The minimum absolute atomic E-state index is 0.324. The van der Waals surface area contributed by atoms with Gasteiger partial charge in [0.2, 0.25) is 0 Å². The standard InChI is InChI=1S/C22H19IN2O3/c1-13-11-14(23)9-10-17(13)25-20(26)12-28-22(27)21-15-5-2-3-7-18(15)24-19-8-4-6-16(19)21/h2-3,5,7,9-11H,4,6,8,12H2,1H3,(H,25,26). The summed E-state index contributed by atoms with van der Waals surface area (Å²) in [4.78, 5) is 29.8. The number of aromatic nitrogens is 1. The first-order valence-corrected chi connectivity index (χ1v) is 10.2. The Morgan fingerprint density at radius 1 is 1.18 bits per heavy atom. The van der Waals surface area contributed by atoms with Gasteiger partial charge in [-0.1, -0.05) is 18.2 Å². The van der Waals surface area contributed by atoms with E-state index in [1.54, 1.807) is 0 Å².